The molecule has 0 heterocycles. The van der Waals surface area contributed by atoms with Gasteiger partial charge in [-0.3, -0.25) is 14.5 Å². The highest BCUT2D eigenvalue weighted by atomic mass is 16.3. The third kappa shape index (κ3) is 28.7. The number of carbonyl (C=O) groups excluding carboxylic acids is 2. The third-order valence-corrected chi connectivity index (χ3v) is 8.20. The van der Waals surface area contributed by atoms with Gasteiger partial charge in [0.25, 0.3) is 0 Å². The first-order valence-electron chi connectivity index (χ1n) is 18.2. The van der Waals surface area contributed by atoms with Gasteiger partial charge < -0.3 is 5.11 Å². The van der Waals surface area contributed by atoms with Crippen LogP contribution in [0, 0.1) is 0 Å². The van der Waals surface area contributed by atoms with Crippen LogP contribution in [0.2, 0.25) is 0 Å². The number of carbonyl (C=O) groups is 2. The molecule has 0 bridgehead atoms. The number of amides is 2. The molecule has 4 heteroatoms. The lowest BCUT2D eigenvalue weighted by Crippen LogP contribution is -2.41. The molecule has 0 saturated heterocycles. The van der Waals surface area contributed by atoms with Crippen molar-refractivity contribution < 1.29 is 14.7 Å². The molecule has 2 amide bonds. The summed E-state index contributed by atoms with van der Waals surface area (Å²) in [6, 6.07) is 0. The van der Waals surface area contributed by atoms with Crippen LogP contribution in [0.15, 0.2) is 12.2 Å². The highest BCUT2D eigenvalue weighted by Gasteiger charge is 2.22. The van der Waals surface area contributed by atoms with Crippen molar-refractivity contribution in [3.05, 3.63) is 12.2 Å². The second-order valence-electron chi connectivity index (χ2n) is 12.6. The molecular formula is C37H71NO3. The van der Waals surface area contributed by atoms with Crippen LogP contribution in [0.1, 0.15) is 201 Å². The molecule has 41 heavy (non-hydrogen) atoms. The smallest absolute Gasteiger partial charge is 0.229 e. The third-order valence-electron chi connectivity index (χ3n) is 8.20. The van der Waals surface area contributed by atoms with Crippen LogP contribution in [0.4, 0.5) is 0 Å². The highest BCUT2D eigenvalue weighted by Crippen LogP contribution is 2.15. The maximum Gasteiger partial charge on any atom is 0.229 e. The van der Waals surface area contributed by atoms with E-state index in [0.29, 0.717) is 12.8 Å². The molecule has 0 rings (SSSR count). The van der Waals surface area contributed by atoms with Gasteiger partial charge in [0.2, 0.25) is 11.8 Å². The Morgan fingerprint density at radius 2 is 0.805 bits per heavy atom. The van der Waals surface area contributed by atoms with Crippen molar-refractivity contribution in [1.29, 1.82) is 0 Å². The summed E-state index contributed by atoms with van der Waals surface area (Å²) >= 11 is 0. The van der Waals surface area contributed by atoms with Crippen LogP contribution in [0.3, 0.4) is 0 Å². The summed E-state index contributed by atoms with van der Waals surface area (Å²) in [5, 5.41) is 9.86. The minimum atomic E-state index is -0.677. The van der Waals surface area contributed by atoms with E-state index in [4.69, 9.17) is 0 Å². The zero-order chi connectivity index (χ0) is 30.2. The minimum Gasteiger partial charge on any atom is -0.392 e. The molecule has 1 atom stereocenters. The van der Waals surface area contributed by atoms with E-state index in [-0.39, 0.29) is 18.4 Å². The number of hydrogen-bond donors (Lipinski definition) is 1. The lowest BCUT2D eigenvalue weighted by Gasteiger charge is -2.22. The van der Waals surface area contributed by atoms with E-state index in [9.17, 15) is 14.7 Å². The Balaban J connectivity index is 3.83. The Morgan fingerprint density at radius 1 is 0.512 bits per heavy atom. The zero-order valence-electron chi connectivity index (χ0n) is 27.9. The van der Waals surface area contributed by atoms with Crippen molar-refractivity contribution in [3.63, 3.8) is 0 Å². The minimum absolute atomic E-state index is 0.105. The first-order chi connectivity index (χ1) is 20.0. The fourth-order valence-corrected chi connectivity index (χ4v) is 5.52. The zero-order valence-corrected chi connectivity index (χ0v) is 27.9. The van der Waals surface area contributed by atoms with E-state index in [1.54, 1.807) is 6.92 Å². The van der Waals surface area contributed by atoms with Crippen LogP contribution in [0.25, 0.3) is 0 Å². The number of allylic oxidation sites excluding steroid dienone is 2. The summed E-state index contributed by atoms with van der Waals surface area (Å²) in [5.74, 6) is -0.213. The Kier molecular flexibility index (Phi) is 30.9. The predicted molar refractivity (Wildman–Crippen MR) is 178 cm³/mol. The van der Waals surface area contributed by atoms with Gasteiger partial charge in [-0.15, -0.1) is 0 Å². The van der Waals surface area contributed by atoms with Gasteiger partial charge in [0.15, 0.2) is 0 Å². The van der Waals surface area contributed by atoms with E-state index in [0.717, 1.165) is 38.5 Å². The molecule has 0 aromatic heterocycles. The van der Waals surface area contributed by atoms with Gasteiger partial charge in [0, 0.05) is 12.8 Å². The molecule has 242 valence electrons. The summed E-state index contributed by atoms with van der Waals surface area (Å²) in [7, 11) is 0. The Bertz CT molecular complexity index is 601. The highest BCUT2D eigenvalue weighted by molar-refractivity contribution is 5.95. The first-order valence-corrected chi connectivity index (χ1v) is 18.2. The molecule has 0 aliphatic carbocycles. The van der Waals surface area contributed by atoms with Crippen LogP contribution in [-0.4, -0.2) is 34.5 Å². The number of imide groups is 1. The van der Waals surface area contributed by atoms with Gasteiger partial charge in [-0.25, -0.2) is 0 Å². The van der Waals surface area contributed by atoms with Gasteiger partial charge in [-0.2, -0.15) is 0 Å². The molecule has 1 unspecified atom stereocenters. The monoisotopic (exact) mass is 578 g/mol. The quantitative estimate of drug-likeness (QED) is 0.0658. The normalized spacial score (nSPS) is 12.3. The summed E-state index contributed by atoms with van der Waals surface area (Å²) in [6.07, 6.45) is 37.3. The Labute approximate surface area is 256 Å². The number of nitrogens with zero attached hydrogens (tertiary/aromatic N) is 1. The van der Waals surface area contributed by atoms with Gasteiger partial charge in [-0.05, 0) is 45.4 Å². The Hall–Kier alpha value is -1.16. The lowest BCUT2D eigenvalue weighted by molar-refractivity contribution is -0.146. The molecule has 0 aliphatic rings. The topological polar surface area (TPSA) is 57.6 Å². The van der Waals surface area contributed by atoms with Gasteiger partial charge in [0.1, 0.15) is 0 Å². The average Bonchev–Trinajstić information content (AvgIpc) is 2.95. The van der Waals surface area contributed by atoms with Crippen LogP contribution in [0.5, 0.6) is 0 Å². The van der Waals surface area contributed by atoms with Crippen molar-refractivity contribution >= 4 is 11.8 Å². The maximum absolute atomic E-state index is 12.8. The first kappa shape index (κ1) is 39.8. The number of aliphatic hydroxyl groups excluding tert-OH is 1. The van der Waals surface area contributed by atoms with Crippen molar-refractivity contribution in [2.75, 3.05) is 6.54 Å². The van der Waals surface area contributed by atoms with Crippen molar-refractivity contribution in [1.82, 2.24) is 4.90 Å². The largest absolute Gasteiger partial charge is 0.392 e. The molecule has 0 spiro atoms. The van der Waals surface area contributed by atoms with E-state index < -0.39 is 6.10 Å². The van der Waals surface area contributed by atoms with Gasteiger partial charge >= 0.3 is 0 Å². The molecule has 4 nitrogen and oxygen atoms in total. The number of unbranched alkanes of at least 4 members (excludes halogenated alkanes) is 23. The van der Waals surface area contributed by atoms with Crippen LogP contribution < -0.4 is 0 Å². The van der Waals surface area contributed by atoms with Gasteiger partial charge in [0.05, 0.1) is 12.6 Å². The molecule has 0 radical (unpaired) electrons. The maximum atomic E-state index is 12.8. The molecular weight excluding hydrogens is 506 g/mol. The fourth-order valence-electron chi connectivity index (χ4n) is 5.52. The standard InChI is InChI=1S/C37H71NO3/c1-4-6-8-10-12-14-16-18-19-21-23-25-27-29-31-33-37(41)38(34-35(3)39)36(40)32-30-28-26-24-22-20-17-15-13-11-9-7-5-2/h18-19,35,39H,4-17,20-34H2,1-3H3/b19-18-. The molecule has 0 aromatic rings. The second kappa shape index (κ2) is 31.8. The average molecular weight is 578 g/mol. The molecule has 0 aromatic carbocycles. The van der Waals surface area contributed by atoms with Crippen molar-refractivity contribution in [3.8, 4) is 0 Å². The predicted octanol–water partition coefficient (Wildman–Crippen LogP) is 11.2. The van der Waals surface area contributed by atoms with Gasteiger partial charge in [-0.1, -0.05) is 154 Å². The summed E-state index contributed by atoms with van der Waals surface area (Å²) in [6.45, 7) is 6.31. The van der Waals surface area contributed by atoms with E-state index in [2.05, 4.69) is 26.0 Å². The lowest BCUT2D eigenvalue weighted by atomic mass is 10.0. The Morgan fingerprint density at radius 3 is 1.12 bits per heavy atom. The van der Waals surface area contributed by atoms with E-state index >= 15 is 0 Å². The van der Waals surface area contributed by atoms with Crippen molar-refractivity contribution in [2.24, 2.45) is 0 Å². The molecule has 0 aliphatic heterocycles. The van der Waals surface area contributed by atoms with E-state index in [1.807, 2.05) is 0 Å². The number of rotatable bonds is 31. The summed E-state index contributed by atoms with van der Waals surface area (Å²) in [4.78, 5) is 26.9. The summed E-state index contributed by atoms with van der Waals surface area (Å²) in [5.41, 5.74) is 0. The van der Waals surface area contributed by atoms with E-state index in [1.165, 1.54) is 133 Å². The number of hydrogen-bond acceptors (Lipinski definition) is 3. The van der Waals surface area contributed by atoms with Crippen molar-refractivity contribution in [2.45, 2.75) is 207 Å². The fraction of sp³-hybridized carbons (Fsp3) is 0.892. The molecule has 0 saturated carbocycles. The second-order valence-corrected chi connectivity index (χ2v) is 12.6. The summed E-state index contributed by atoms with van der Waals surface area (Å²) < 4.78 is 0. The SMILES string of the molecule is CCCCCCCC/C=C\CCCCCCCC(=O)N(CC(C)O)C(=O)CCCCCCCCCCCCCCC. The van der Waals surface area contributed by atoms with Crippen LogP contribution in [-0.2, 0) is 9.59 Å². The molecule has 1 N–H and O–H groups in total. The number of aliphatic hydroxyl groups is 1. The molecule has 0 fully saturated rings. The van der Waals surface area contributed by atoms with Crippen LogP contribution >= 0.6 is 0 Å².